The SMILES string of the molecule is COc1nc(NCC2(CCO)CC2)ccc1N. The molecule has 5 nitrogen and oxygen atoms in total. The van der Waals surface area contributed by atoms with E-state index in [0.717, 1.165) is 18.8 Å². The molecule has 0 saturated heterocycles. The second-order valence-corrected chi connectivity index (χ2v) is 4.62. The minimum atomic E-state index is 0.250. The molecule has 4 N–H and O–H groups in total. The average Bonchev–Trinajstić information content (AvgIpc) is 3.09. The highest BCUT2D eigenvalue weighted by Crippen LogP contribution is 2.48. The lowest BCUT2D eigenvalue weighted by Gasteiger charge is -2.15. The standard InChI is InChI=1S/C12H19N3O2/c1-17-11-9(13)2-3-10(15-11)14-8-12(4-5-12)6-7-16/h2-3,16H,4-8,13H2,1H3,(H,14,15). The molecule has 0 bridgehead atoms. The van der Waals surface area contributed by atoms with Gasteiger partial charge in [-0.25, -0.2) is 0 Å². The van der Waals surface area contributed by atoms with Crippen molar-refractivity contribution in [1.82, 2.24) is 4.98 Å². The molecule has 0 aromatic carbocycles. The fraction of sp³-hybridized carbons (Fsp3) is 0.583. The van der Waals surface area contributed by atoms with E-state index in [4.69, 9.17) is 15.6 Å². The molecule has 1 saturated carbocycles. The Morgan fingerprint density at radius 3 is 2.88 bits per heavy atom. The van der Waals surface area contributed by atoms with Crippen LogP contribution < -0.4 is 15.8 Å². The highest BCUT2D eigenvalue weighted by atomic mass is 16.5. The number of nitrogens with zero attached hydrogens (tertiary/aromatic N) is 1. The zero-order valence-electron chi connectivity index (χ0n) is 10.1. The van der Waals surface area contributed by atoms with Crippen molar-refractivity contribution in [3.05, 3.63) is 12.1 Å². The van der Waals surface area contributed by atoms with Crippen molar-refractivity contribution in [3.63, 3.8) is 0 Å². The predicted octanol–water partition coefficient (Wildman–Crippen LogP) is 1.25. The van der Waals surface area contributed by atoms with Crippen molar-refractivity contribution in [3.8, 4) is 5.88 Å². The van der Waals surface area contributed by atoms with Crippen molar-refractivity contribution in [1.29, 1.82) is 0 Å². The minimum Gasteiger partial charge on any atom is -0.479 e. The summed E-state index contributed by atoms with van der Waals surface area (Å²) in [5.41, 5.74) is 6.50. The molecule has 1 heterocycles. The third-order valence-electron chi connectivity index (χ3n) is 3.33. The number of ether oxygens (including phenoxy) is 1. The number of hydrogen-bond donors (Lipinski definition) is 3. The van der Waals surface area contributed by atoms with E-state index in [0.29, 0.717) is 11.6 Å². The van der Waals surface area contributed by atoms with Crippen molar-refractivity contribution < 1.29 is 9.84 Å². The molecular formula is C12H19N3O2. The number of hydrogen-bond acceptors (Lipinski definition) is 5. The van der Waals surface area contributed by atoms with Crippen LogP contribution in [-0.4, -0.2) is 30.4 Å². The van der Waals surface area contributed by atoms with Gasteiger partial charge in [0.05, 0.1) is 12.8 Å². The normalized spacial score (nSPS) is 16.6. The summed E-state index contributed by atoms with van der Waals surface area (Å²) in [4.78, 5) is 4.26. The third-order valence-corrected chi connectivity index (χ3v) is 3.33. The average molecular weight is 237 g/mol. The Bertz CT molecular complexity index is 391. The summed E-state index contributed by atoms with van der Waals surface area (Å²) in [5, 5.41) is 12.3. The molecule has 17 heavy (non-hydrogen) atoms. The van der Waals surface area contributed by atoms with Crippen LogP contribution in [0.3, 0.4) is 0 Å². The third kappa shape index (κ3) is 2.79. The van der Waals surface area contributed by atoms with Crippen LogP contribution in [0.4, 0.5) is 11.5 Å². The highest BCUT2D eigenvalue weighted by molar-refractivity contribution is 5.53. The first-order valence-corrected chi connectivity index (χ1v) is 5.84. The molecule has 0 amide bonds. The molecule has 5 heteroatoms. The van der Waals surface area contributed by atoms with Gasteiger partial charge in [0.25, 0.3) is 0 Å². The van der Waals surface area contributed by atoms with Gasteiger partial charge in [-0.3, -0.25) is 0 Å². The second-order valence-electron chi connectivity index (χ2n) is 4.62. The van der Waals surface area contributed by atoms with Crippen LogP contribution in [0.5, 0.6) is 5.88 Å². The molecule has 0 unspecified atom stereocenters. The predicted molar refractivity (Wildman–Crippen MR) is 67.1 cm³/mol. The largest absolute Gasteiger partial charge is 0.479 e. The Labute approximate surface area is 101 Å². The highest BCUT2D eigenvalue weighted by Gasteiger charge is 2.41. The maximum Gasteiger partial charge on any atom is 0.238 e. The number of nitrogens with one attached hydrogen (secondary N) is 1. The van der Waals surface area contributed by atoms with E-state index in [1.807, 2.05) is 6.07 Å². The molecule has 0 atom stereocenters. The maximum atomic E-state index is 8.98. The Morgan fingerprint density at radius 1 is 1.53 bits per heavy atom. The van der Waals surface area contributed by atoms with Gasteiger partial charge in [0.1, 0.15) is 5.82 Å². The van der Waals surface area contributed by atoms with Crippen molar-refractivity contribution in [2.75, 3.05) is 31.3 Å². The van der Waals surface area contributed by atoms with Gasteiger partial charge in [0.2, 0.25) is 5.88 Å². The lowest BCUT2D eigenvalue weighted by Crippen LogP contribution is -2.17. The molecule has 2 rings (SSSR count). The summed E-state index contributed by atoms with van der Waals surface area (Å²) in [6.07, 6.45) is 3.20. The van der Waals surface area contributed by atoms with Crippen LogP contribution in [0.25, 0.3) is 0 Å². The monoisotopic (exact) mass is 237 g/mol. The molecule has 1 aliphatic carbocycles. The van der Waals surface area contributed by atoms with Crippen LogP contribution in [0.15, 0.2) is 12.1 Å². The lowest BCUT2D eigenvalue weighted by atomic mass is 10.0. The van der Waals surface area contributed by atoms with Gasteiger partial charge < -0.3 is 20.9 Å². The van der Waals surface area contributed by atoms with Gasteiger partial charge in [0.15, 0.2) is 0 Å². The summed E-state index contributed by atoms with van der Waals surface area (Å²) in [5.74, 6) is 1.21. The van der Waals surface area contributed by atoms with Crippen LogP contribution >= 0.6 is 0 Å². The number of aromatic nitrogens is 1. The fourth-order valence-electron chi connectivity index (χ4n) is 1.92. The number of pyridine rings is 1. The number of aliphatic hydroxyl groups is 1. The van der Waals surface area contributed by atoms with E-state index in [2.05, 4.69) is 10.3 Å². The van der Waals surface area contributed by atoms with E-state index >= 15 is 0 Å². The van der Waals surface area contributed by atoms with E-state index in [-0.39, 0.29) is 12.0 Å². The van der Waals surface area contributed by atoms with Gasteiger partial charge in [-0.1, -0.05) is 0 Å². The summed E-state index contributed by atoms with van der Waals surface area (Å²) in [7, 11) is 1.55. The van der Waals surface area contributed by atoms with E-state index in [1.54, 1.807) is 13.2 Å². The van der Waals surface area contributed by atoms with Crippen LogP contribution in [-0.2, 0) is 0 Å². The summed E-state index contributed by atoms with van der Waals surface area (Å²) >= 11 is 0. The van der Waals surface area contributed by atoms with Crippen molar-refractivity contribution >= 4 is 11.5 Å². The number of anilines is 2. The van der Waals surface area contributed by atoms with Crippen molar-refractivity contribution in [2.45, 2.75) is 19.3 Å². The zero-order valence-corrected chi connectivity index (χ0v) is 10.1. The first-order chi connectivity index (χ1) is 8.19. The molecule has 0 spiro atoms. The number of nitrogen functional groups attached to an aromatic ring is 1. The Kier molecular flexibility index (Phi) is 3.38. The Hall–Kier alpha value is -1.49. The molecule has 1 aromatic rings. The van der Waals surface area contributed by atoms with Gasteiger partial charge in [-0.05, 0) is 36.8 Å². The second kappa shape index (κ2) is 4.79. The van der Waals surface area contributed by atoms with Gasteiger partial charge in [-0.15, -0.1) is 0 Å². The van der Waals surface area contributed by atoms with E-state index in [1.165, 1.54) is 12.8 Å². The summed E-state index contributed by atoms with van der Waals surface area (Å²) in [6.45, 7) is 1.09. The molecular weight excluding hydrogens is 218 g/mol. The Morgan fingerprint density at radius 2 is 2.29 bits per heavy atom. The quantitative estimate of drug-likeness (QED) is 0.693. The first-order valence-electron chi connectivity index (χ1n) is 5.84. The van der Waals surface area contributed by atoms with Gasteiger partial charge in [-0.2, -0.15) is 4.98 Å². The molecule has 0 radical (unpaired) electrons. The number of rotatable bonds is 6. The smallest absolute Gasteiger partial charge is 0.238 e. The molecule has 1 aliphatic rings. The fourth-order valence-corrected chi connectivity index (χ4v) is 1.92. The number of nitrogens with two attached hydrogens (primary N) is 1. The molecule has 0 aliphatic heterocycles. The molecule has 94 valence electrons. The van der Waals surface area contributed by atoms with E-state index < -0.39 is 0 Å². The maximum absolute atomic E-state index is 8.98. The van der Waals surface area contributed by atoms with Crippen LogP contribution in [0, 0.1) is 5.41 Å². The number of methoxy groups -OCH3 is 1. The van der Waals surface area contributed by atoms with E-state index in [9.17, 15) is 0 Å². The van der Waals surface area contributed by atoms with Gasteiger partial charge >= 0.3 is 0 Å². The summed E-state index contributed by atoms with van der Waals surface area (Å²) in [6, 6.07) is 3.62. The van der Waals surface area contributed by atoms with Crippen LogP contribution in [0.2, 0.25) is 0 Å². The van der Waals surface area contributed by atoms with Crippen LogP contribution in [0.1, 0.15) is 19.3 Å². The number of aliphatic hydroxyl groups excluding tert-OH is 1. The van der Waals surface area contributed by atoms with Crippen molar-refractivity contribution in [2.24, 2.45) is 5.41 Å². The molecule has 1 fully saturated rings. The summed E-state index contributed by atoms with van der Waals surface area (Å²) < 4.78 is 5.06. The lowest BCUT2D eigenvalue weighted by molar-refractivity contribution is 0.253. The molecule has 1 aromatic heterocycles. The topological polar surface area (TPSA) is 80.4 Å². The first kappa shape index (κ1) is 12.0. The van der Waals surface area contributed by atoms with Gasteiger partial charge in [0, 0.05) is 13.2 Å². The Balaban J connectivity index is 1.95. The zero-order chi connectivity index (χ0) is 12.3. The minimum absolute atomic E-state index is 0.250.